The van der Waals surface area contributed by atoms with Gasteiger partial charge < -0.3 is 15.2 Å². The predicted molar refractivity (Wildman–Crippen MR) is 66.5 cm³/mol. The second kappa shape index (κ2) is 7.25. The number of ether oxygens (including phenoxy) is 1. The van der Waals surface area contributed by atoms with Gasteiger partial charge in [-0.05, 0) is 37.5 Å². The number of aliphatic hydroxyl groups excluding tert-OH is 1. The van der Waals surface area contributed by atoms with Gasteiger partial charge in [0.15, 0.2) is 0 Å². The highest BCUT2D eigenvalue weighted by Crippen LogP contribution is 2.24. The van der Waals surface area contributed by atoms with E-state index >= 15 is 0 Å². The summed E-state index contributed by atoms with van der Waals surface area (Å²) in [6, 6.07) is 1.08. The van der Waals surface area contributed by atoms with Crippen molar-refractivity contribution in [3.05, 3.63) is 0 Å². The first-order chi connectivity index (χ1) is 7.67. The van der Waals surface area contributed by atoms with Gasteiger partial charge in [0.05, 0.1) is 6.61 Å². The zero-order valence-electron chi connectivity index (χ0n) is 10.9. The first-order valence-electron chi connectivity index (χ1n) is 6.53. The van der Waals surface area contributed by atoms with Gasteiger partial charge in [0, 0.05) is 25.8 Å². The van der Waals surface area contributed by atoms with Crippen molar-refractivity contribution < 1.29 is 9.84 Å². The molecule has 0 aromatic carbocycles. The number of hydrogen-bond acceptors (Lipinski definition) is 3. The average Bonchev–Trinajstić information content (AvgIpc) is 2.29. The minimum Gasteiger partial charge on any atom is -0.396 e. The molecule has 16 heavy (non-hydrogen) atoms. The summed E-state index contributed by atoms with van der Waals surface area (Å²) in [6.45, 7) is 5.61. The Kier molecular flexibility index (Phi) is 6.32. The quantitative estimate of drug-likeness (QED) is 0.730. The summed E-state index contributed by atoms with van der Waals surface area (Å²) in [5.41, 5.74) is 0. The van der Waals surface area contributed by atoms with E-state index in [1.165, 1.54) is 12.8 Å². The molecule has 0 saturated heterocycles. The average molecular weight is 229 g/mol. The molecule has 0 spiro atoms. The standard InChI is InChI=1S/C13H27NO2/c1-10(2)13(9-16-3)14-12-6-4-11(8-15)5-7-12/h10-15H,4-9H2,1-3H3. The molecule has 3 nitrogen and oxygen atoms in total. The van der Waals surface area contributed by atoms with Crippen LogP contribution in [0.5, 0.6) is 0 Å². The fourth-order valence-electron chi connectivity index (χ4n) is 2.43. The van der Waals surface area contributed by atoms with E-state index in [1.807, 2.05) is 0 Å². The summed E-state index contributed by atoms with van der Waals surface area (Å²) in [5.74, 6) is 1.15. The van der Waals surface area contributed by atoms with Crippen molar-refractivity contribution >= 4 is 0 Å². The van der Waals surface area contributed by atoms with E-state index in [0.29, 0.717) is 30.5 Å². The Hall–Kier alpha value is -0.120. The van der Waals surface area contributed by atoms with Crippen LogP contribution in [-0.2, 0) is 4.74 Å². The van der Waals surface area contributed by atoms with Crippen LogP contribution in [0.1, 0.15) is 39.5 Å². The van der Waals surface area contributed by atoms with Crippen LogP contribution in [0.3, 0.4) is 0 Å². The zero-order valence-corrected chi connectivity index (χ0v) is 10.9. The fraction of sp³-hybridized carbons (Fsp3) is 1.00. The Labute approximate surface area is 99.6 Å². The van der Waals surface area contributed by atoms with Gasteiger partial charge in [-0.3, -0.25) is 0 Å². The van der Waals surface area contributed by atoms with Crippen LogP contribution in [0, 0.1) is 11.8 Å². The SMILES string of the molecule is COCC(NC1CCC(CO)CC1)C(C)C. The molecule has 1 fully saturated rings. The van der Waals surface area contributed by atoms with Gasteiger partial charge in [-0.1, -0.05) is 13.8 Å². The van der Waals surface area contributed by atoms with Crippen molar-refractivity contribution in [1.82, 2.24) is 5.32 Å². The maximum atomic E-state index is 9.09. The molecule has 1 unspecified atom stereocenters. The summed E-state index contributed by atoms with van der Waals surface area (Å²) in [5, 5.41) is 12.8. The molecule has 1 aliphatic rings. The minimum absolute atomic E-state index is 0.360. The first-order valence-corrected chi connectivity index (χ1v) is 6.53. The summed E-state index contributed by atoms with van der Waals surface area (Å²) in [7, 11) is 1.76. The number of rotatable bonds is 6. The Bertz CT molecular complexity index is 177. The van der Waals surface area contributed by atoms with Crippen molar-refractivity contribution in [2.45, 2.75) is 51.6 Å². The second-order valence-electron chi connectivity index (χ2n) is 5.37. The predicted octanol–water partition coefficient (Wildman–Crippen LogP) is 1.80. The monoisotopic (exact) mass is 229 g/mol. The van der Waals surface area contributed by atoms with Crippen LogP contribution in [0.15, 0.2) is 0 Å². The first kappa shape index (κ1) is 13.9. The normalized spacial score (nSPS) is 28.3. The van der Waals surface area contributed by atoms with Crippen LogP contribution in [0.25, 0.3) is 0 Å². The largest absolute Gasteiger partial charge is 0.396 e. The topological polar surface area (TPSA) is 41.5 Å². The van der Waals surface area contributed by atoms with Gasteiger partial charge in [0.2, 0.25) is 0 Å². The molecule has 2 N–H and O–H groups in total. The van der Waals surface area contributed by atoms with Crippen LogP contribution in [0.4, 0.5) is 0 Å². The lowest BCUT2D eigenvalue weighted by molar-refractivity contribution is 0.124. The van der Waals surface area contributed by atoms with Crippen LogP contribution in [0.2, 0.25) is 0 Å². The molecule has 0 aliphatic heterocycles. The van der Waals surface area contributed by atoms with E-state index in [9.17, 15) is 0 Å². The lowest BCUT2D eigenvalue weighted by atomic mass is 9.86. The molecule has 1 aliphatic carbocycles. The third-order valence-corrected chi connectivity index (χ3v) is 3.71. The maximum Gasteiger partial charge on any atom is 0.0618 e. The molecule has 96 valence electrons. The molecule has 0 amide bonds. The van der Waals surface area contributed by atoms with Gasteiger partial charge in [0.25, 0.3) is 0 Å². The third kappa shape index (κ3) is 4.40. The summed E-state index contributed by atoms with van der Waals surface area (Å²) in [4.78, 5) is 0. The zero-order chi connectivity index (χ0) is 12.0. The van der Waals surface area contributed by atoms with Gasteiger partial charge >= 0.3 is 0 Å². The molecular weight excluding hydrogens is 202 g/mol. The molecule has 1 rings (SSSR count). The van der Waals surface area contributed by atoms with E-state index in [1.54, 1.807) is 7.11 Å². The Morgan fingerprint density at radius 3 is 2.31 bits per heavy atom. The maximum absolute atomic E-state index is 9.09. The Balaban J connectivity index is 2.30. The number of nitrogens with one attached hydrogen (secondary N) is 1. The number of hydrogen-bond donors (Lipinski definition) is 2. The smallest absolute Gasteiger partial charge is 0.0618 e. The number of aliphatic hydroxyl groups is 1. The highest BCUT2D eigenvalue weighted by atomic mass is 16.5. The van der Waals surface area contributed by atoms with E-state index < -0.39 is 0 Å². The second-order valence-corrected chi connectivity index (χ2v) is 5.37. The van der Waals surface area contributed by atoms with Crippen molar-refractivity contribution in [1.29, 1.82) is 0 Å². The lowest BCUT2D eigenvalue weighted by Gasteiger charge is -2.32. The molecule has 3 heteroatoms. The highest BCUT2D eigenvalue weighted by Gasteiger charge is 2.23. The van der Waals surface area contributed by atoms with Gasteiger partial charge in [0.1, 0.15) is 0 Å². The summed E-state index contributed by atoms with van der Waals surface area (Å²) in [6.07, 6.45) is 4.70. The van der Waals surface area contributed by atoms with E-state index in [2.05, 4.69) is 19.2 Å². The highest BCUT2D eigenvalue weighted by molar-refractivity contribution is 4.81. The fourth-order valence-corrected chi connectivity index (χ4v) is 2.43. The Morgan fingerprint density at radius 1 is 1.25 bits per heavy atom. The Morgan fingerprint density at radius 2 is 1.88 bits per heavy atom. The molecule has 0 bridgehead atoms. The van der Waals surface area contributed by atoms with Crippen LogP contribution in [-0.4, -0.2) is 37.5 Å². The van der Waals surface area contributed by atoms with E-state index in [0.717, 1.165) is 19.4 Å². The molecule has 0 aromatic heterocycles. The number of methoxy groups -OCH3 is 1. The van der Waals surface area contributed by atoms with Gasteiger partial charge in [-0.15, -0.1) is 0 Å². The van der Waals surface area contributed by atoms with Crippen molar-refractivity contribution in [3.63, 3.8) is 0 Å². The molecule has 1 atom stereocenters. The van der Waals surface area contributed by atoms with Crippen molar-refractivity contribution in [2.24, 2.45) is 11.8 Å². The molecular formula is C13H27NO2. The summed E-state index contributed by atoms with van der Waals surface area (Å²) >= 11 is 0. The van der Waals surface area contributed by atoms with E-state index in [4.69, 9.17) is 9.84 Å². The van der Waals surface area contributed by atoms with Crippen molar-refractivity contribution in [3.8, 4) is 0 Å². The van der Waals surface area contributed by atoms with Gasteiger partial charge in [-0.2, -0.15) is 0 Å². The third-order valence-electron chi connectivity index (χ3n) is 3.71. The van der Waals surface area contributed by atoms with Crippen LogP contribution >= 0.6 is 0 Å². The van der Waals surface area contributed by atoms with Crippen LogP contribution < -0.4 is 5.32 Å². The molecule has 1 saturated carbocycles. The van der Waals surface area contributed by atoms with Crippen molar-refractivity contribution in [2.75, 3.05) is 20.3 Å². The summed E-state index contributed by atoms with van der Waals surface area (Å²) < 4.78 is 5.25. The molecule has 0 aromatic rings. The van der Waals surface area contributed by atoms with E-state index in [-0.39, 0.29) is 0 Å². The molecule has 0 radical (unpaired) electrons. The van der Waals surface area contributed by atoms with Gasteiger partial charge in [-0.25, -0.2) is 0 Å². The lowest BCUT2D eigenvalue weighted by Crippen LogP contribution is -2.45. The minimum atomic E-state index is 0.360. The molecule has 0 heterocycles.